The second-order valence-corrected chi connectivity index (χ2v) is 9.16. The fraction of sp³-hybridized carbons (Fsp3) is 0.160. The van der Waals surface area contributed by atoms with E-state index in [-0.39, 0.29) is 11.9 Å². The number of amides is 1. The van der Waals surface area contributed by atoms with Gasteiger partial charge < -0.3 is 10.1 Å². The molecule has 3 rings (SSSR count). The molecule has 0 spiro atoms. The van der Waals surface area contributed by atoms with Crippen LogP contribution in [0.15, 0.2) is 84.9 Å². The molecule has 1 amide bonds. The van der Waals surface area contributed by atoms with E-state index in [0.29, 0.717) is 12.3 Å². The first kappa shape index (κ1) is 23.1. The van der Waals surface area contributed by atoms with Crippen LogP contribution in [0.4, 0.5) is 5.69 Å². The first-order valence-corrected chi connectivity index (χ1v) is 12.0. The van der Waals surface area contributed by atoms with Gasteiger partial charge in [-0.15, -0.1) is 0 Å². The number of rotatable bonds is 9. The third-order valence-electron chi connectivity index (χ3n) is 4.58. The lowest BCUT2D eigenvalue weighted by molar-refractivity contribution is -0.117. The first-order chi connectivity index (χ1) is 15.3. The van der Waals surface area contributed by atoms with Crippen LogP contribution in [0.1, 0.15) is 29.7 Å². The van der Waals surface area contributed by atoms with Gasteiger partial charge in [-0.25, -0.2) is 8.42 Å². The Morgan fingerprint density at radius 3 is 2.50 bits per heavy atom. The molecule has 0 aliphatic carbocycles. The zero-order valence-corrected chi connectivity index (χ0v) is 18.8. The van der Waals surface area contributed by atoms with E-state index in [2.05, 4.69) is 10.0 Å². The molecule has 0 bridgehead atoms. The van der Waals surface area contributed by atoms with Gasteiger partial charge in [0.1, 0.15) is 12.4 Å². The number of sulfonamides is 1. The predicted molar refractivity (Wildman–Crippen MR) is 128 cm³/mol. The maximum Gasteiger partial charge on any atom is 0.244 e. The highest BCUT2D eigenvalue weighted by molar-refractivity contribution is 7.92. The van der Waals surface area contributed by atoms with Crippen LogP contribution in [0.25, 0.3) is 6.08 Å². The predicted octanol–water partition coefficient (Wildman–Crippen LogP) is 4.53. The quantitative estimate of drug-likeness (QED) is 0.469. The molecular weight excluding hydrogens is 424 g/mol. The van der Waals surface area contributed by atoms with Gasteiger partial charge in [0, 0.05) is 11.8 Å². The van der Waals surface area contributed by atoms with Crippen molar-refractivity contribution in [1.82, 2.24) is 5.32 Å². The number of carbonyl (C=O) groups excluding carboxylic acids is 1. The Labute approximate surface area is 189 Å². The Hall–Kier alpha value is -3.58. The second-order valence-electron chi connectivity index (χ2n) is 7.41. The summed E-state index contributed by atoms with van der Waals surface area (Å²) in [6.45, 7) is 2.31. The number of nitrogens with one attached hydrogen (secondary N) is 2. The molecule has 3 aromatic rings. The number of anilines is 1. The highest BCUT2D eigenvalue weighted by Crippen LogP contribution is 2.19. The zero-order valence-electron chi connectivity index (χ0n) is 18.0. The van der Waals surface area contributed by atoms with Crippen LogP contribution >= 0.6 is 0 Å². The molecule has 0 aliphatic rings. The summed E-state index contributed by atoms with van der Waals surface area (Å²) < 4.78 is 31.1. The van der Waals surface area contributed by atoms with Crippen molar-refractivity contribution in [2.24, 2.45) is 0 Å². The Balaban J connectivity index is 1.57. The van der Waals surface area contributed by atoms with Crippen LogP contribution in [-0.2, 0) is 21.4 Å². The van der Waals surface area contributed by atoms with E-state index in [9.17, 15) is 13.2 Å². The van der Waals surface area contributed by atoms with E-state index in [0.717, 1.165) is 28.7 Å². The molecule has 3 aromatic carbocycles. The Bertz CT molecular complexity index is 1190. The maximum absolute atomic E-state index is 12.4. The number of benzene rings is 3. The molecule has 0 radical (unpaired) electrons. The van der Waals surface area contributed by atoms with Crippen LogP contribution in [0.3, 0.4) is 0 Å². The normalized spacial score (nSPS) is 12.3. The van der Waals surface area contributed by atoms with Gasteiger partial charge >= 0.3 is 0 Å². The number of carbonyl (C=O) groups is 1. The number of ether oxygens (including phenoxy) is 1. The summed E-state index contributed by atoms with van der Waals surface area (Å²) in [7, 11) is -3.36. The summed E-state index contributed by atoms with van der Waals surface area (Å²) in [5, 5.41) is 2.88. The Morgan fingerprint density at radius 2 is 1.75 bits per heavy atom. The van der Waals surface area contributed by atoms with Crippen LogP contribution in [0, 0.1) is 0 Å². The van der Waals surface area contributed by atoms with Crippen molar-refractivity contribution < 1.29 is 17.9 Å². The molecule has 0 fully saturated rings. The van der Waals surface area contributed by atoms with Gasteiger partial charge in [-0.3, -0.25) is 9.52 Å². The van der Waals surface area contributed by atoms with E-state index >= 15 is 0 Å². The lowest BCUT2D eigenvalue weighted by atomic mass is 10.1. The van der Waals surface area contributed by atoms with Gasteiger partial charge in [0.15, 0.2) is 0 Å². The van der Waals surface area contributed by atoms with Gasteiger partial charge in [0.25, 0.3) is 0 Å². The fourth-order valence-electron chi connectivity index (χ4n) is 3.05. The molecule has 7 heteroatoms. The summed E-state index contributed by atoms with van der Waals surface area (Å²) in [5.74, 6) is 0.467. The zero-order chi connectivity index (χ0) is 23.0. The van der Waals surface area contributed by atoms with E-state index in [4.69, 9.17) is 4.74 Å². The molecule has 1 unspecified atom stereocenters. The second kappa shape index (κ2) is 10.6. The summed E-state index contributed by atoms with van der Waals surface area (Å²) in [6.07, 6.45) is 4.28. The smallest absolute Gasteiger partial charge is 0.244 e. The highest BCUT2D eigenvalue weighted by atomic mass is 32.2. The largest absolute Gasteiger partial charge is 0.489 e. The van der Waals surface area contributed by atoms with Gasteiger partial charge in [-0.1, -0.05) is 54.6 Å². The molecule has 0 saturated carbocycles. The van der Waals surface area contributed by atoms with Gasteiger partial charge in [-0.2, -0.15) is 0 Å². The summed E-state index contributed by atoms with van der Waals surface area (Å²) in [4.78, 5) is 12.4. The molecule has 32 heavy (non-hydrogen) atoms. The molecule has 0 heterocycles. The molecule has 166 valence electrons. The molecule has 6 nitrogen and oxygen atoms in total. The van der Waals surface area contributed by atoms with Crippen LogP contribution in [-0.4, -0.2) is 20.6 Å². The summed E-state index contributed by atoms with van der Waals surface area (Å²) in [6, 6.07) is 24.0. The Kier molecular flexibility index (Phi) is 7.68. The third kappa shape index (κ3) is 7.59. The maximum atomic E-state index is 12.4. The summed E-state index contributed by atoms with van der Waals surface area (Å²) in [5.41, 5.74) is 3.17. The van der Waals surface area contributed by atoms with E-state index in [1.165, 1.54) is 6.08 Å². The van der Waals surface area contributed by atoms with Crippen molar-refractivity contribution in [3.63, 3.8) is 0 Å². The average molecular weight is 451 g/mol. The monoisotopic (exact) mass is 450 g/mol. The van der Waals surface area contributed by atoms with Gasteiger partial charge in [-0.05, 0) is 54.0 Å². The van der Waals surface area contributed by atoms with Crippen molar-refractivity contribution in [1.29, 1.82) is 0 Å². The molecule has 0 aliphatic heterocycles. The summed E-state index contributed by atoms with van der Waals surface area (Å²) >= 11 is 0. The van der Waals surface area contributed by atoms with Crippen molar-refractivity contribution in [3.05, 3.63) is 102 Å². The van der Waals surface area contributed by atoms with Crippen LogP contribution in [0.2, 0.25) is 0 Å². The standard InChI is InChI=1S/C25H26N2O4S/c1-19(22-11-7-12-23(17-22)27-32(2,29)30)26-25(28)15-14-20-10-6-13-24(16-20)31-18-21-8-4-3-5-9-21/h3-17,19,27H,18H2,1-2H3,(H,26,28)/b15-14+. The fourth-order valence-corrected chi connectivity index (χ4v) is 3.61. The SMILES string of the molecule is CC(NC(=O)/C=C/c1cccc(OCc2ccccc2)c1)c1cccc(NS(C)(=O)=O)c1. The third-order valence-corrected chi connectivity index (χ3v) is 5.19. The molecule has 0 saturated heterocycles. The lowest BCUT2D eigenvalue weighted by Crippen LogP contribution is -2.24. The average Bonchev–Trinajstić information content (AvgIpc) is 2.76. The van der Waals surface area contributed by atoms with Crippen molar-refractivity contribution in [3.8, 4) is 5.75 Å². The molecule has 0 aromatic heterocycles. The van der Waals surface area contributed by atoms with E-state index in [1.807, 2.05) is 67.6 Å². The molecule has 2 N–H and O–H groups in total. The van der Waals surface area contributed by atoms with Crippen molar-refractivity contribution in [2.75, 3.05) is 11.0 Å². The molecule has 1 atom stereocenters. The minimum Gasteiger partial charge on any atom is -0.489 e. The van der Waals surface area contributed by atoms with Crippen LogP contribution in [0.5, 0.6) is 5.75 Å². The van der Waals surface area contributed by atoms with E-state index < -0.39 is 10.0 Å². The van der Waals surface area contributed by atoms with Crippen LogP contribution < -0.4 is 14.8 Å². The van der Waals surface area contributed by atoms with Crippen molar-refractivity contribution in [2.45, 2.75) is 19.6 Å². The highest BCUT2D eigenvalue weighted by Gasteiger charge is 2.10. The molecular formula is C25H26N2O4S. The van der Waals surface area contributed by atoms with E-state index in [1.54, 1.807) is 24.3 Å². The van der Waals surface area contributed by atoms with Gasteiger partial charge in [0.2, 0.25) is 15.9 Å². The first-order valence-electron chi connectivity index (χ1n) is 10.1. The minimum atomic E-state index is -3.36. The Morgan fingerprint density at radius 1 is 1.00 bits per heavy atom. The lowest BCUT2D eigenvalue weighted by Gasteiger charge is -2.14. The number of hydrogen-bond acceptors (Lipinski definition) is 4. The topological polar surface area (TPSA) is 84.5 Å². The number of hydrogen-bond donors (Lipinski definition) is 2. The van der Waals surface area contributed by atoms with Gasteiger partial charge in [0.05, 0.1) is 12.3 Å². The van der Waals surface area contributed by atoms with Crippen molar-refractivity contribution >= 4 is 27.7 Å². The minimum absolute atomic E-state index is 0.255.